The third-order valence-corrected chi connectivity index (χ3v) is 4.86. The number of rotatable bonds is 6. The minimum absolute atomic E-state index is 0.00873. The zero-order chi connectivity index (χ0) is 15.3. The lowest BCUT2D eigenvalue weighted by Gasteiger charge is -2.15. The van der Waals surface area contributed by atoms with E-state index in [0.29, 0.717) is 11.3 Å². The summed E-state index contributed by atoms with van der Waals surface area (Å²) in [5.41, 5.74) is 6.75. The second kappa shape index (κ2) is 6.91. The number of sulfonamides is 1. The predicted octanol–water partition coefficient (Wildman–Crippen LogP) is 0.701. The molecule has 7 heteroatoms. The number of nitrogen functional groups attached to an aromatic ring is 1. The number of nitrogens with two attached hydrogens (primary N) is 1. The minimum Gasteiger partial charge on any atom is -0.398 e. The van der Waals surface area contributed by atoms with Crippen LogP contribution < -0.4 is 10.5 Å². The van der Waals surface area contributed by atoms with Gasteiger partial charge in [0, 0.05) is 31.7 Å². The molecular formula is C14H21N3O3S. The molecule has 0 spiro atoms. The van der Waals surface area contributed by atoms with Crippen molar-refractivity contribution >= 4 is 21.6 Å². The first-order chi connectivity index (χ1) is 9.98. The molecule has 1 amide bonds. The van der Waals surface area contributed by atoms with Gasteiger partial charge in [-0.05, 0) is 24.5 Å². The maximum Gasteiger partial charge on any atom is 0.223 e. The molecule has 1 fully saturated rings. The van der Waals surface area contributed by atoms with Crippen LogP contribution in [0.3, 0.4) is 0 Å². The summed E-state index contributed by atoms with van der Waals surface area (Å²) in [5, 5.41) is 0. The fourth-order valence-electron chi connectivity index (χ4n) is 2.36. The van der Waals surface area contributed by atoms with E-state index in [1.165, 1.54) is 0 Å². The van der Waals surface area contributed by atoms with Gasteiger partial charge >= 0.3 is 0 Å². The summed E-state index contributed by atoms with van der Waals surface area (Å²) < 4.78 is 26.4. The Hall–Kier alpha value is -1.60. The fourth-order valence-corrected chi connectivity index (χ4v) is 3.55. The summed E-state index contributed by atoms with van der Waals surface area (Å²) in [6.07, 6.45) is 2.26. The van der Waals surface area contributed by atoms with Crippen LogP contribution in [-0.4, -0.2) is 38.9 Å². The number of carbonyl (C=O) groups excluding carboxylic acids is 1. The molecule has 1 aromatic rings. The fraction of sp³-hybridized carbons (Fsp3) is 0.500. The van der Waals surface area contributed by atoms with Gasteiger partial charge in [-0.3, -0.25) is 4.79 Å². The third kappa shape index (κ3) is 4.71. The first-order valence-corrected chi connectivity index (χ1v) is 8.72. The normalized spacial score (nSPS) is 15.3. The van der Waals surface area contributed by atoms with E-state index in [9.17, 15) is 13.2 Å². The zero-order valence-corrected chi connectivity index (χ0v) is 12.7. The van der Waals surface area contributed by atoms with Crippen molar-refractivity contribution in [3.63, 3.8) is 0 Å². The van der Waals surface area contributed by atoms with E-state index in [1.54, 1.807) is 29.2 Å². The van der Waals surface area contributed by atoms with Crippen molar-refractivity contribution in [3.8, 4) is 0 Å². The Morgan fingerprint density at radius 1 is 1.24 bits per heavy atom. The number of carbonyl (C=O) groups is 1. The number of hydrogen-bond donors (Lipinski definition) is 2. The highest BCUT2D eigenvalue weighted by Gasteiger charge is 2.18. The van der Waals surface area contributed by atoms with E-state index in [-0.39, 0.29) is 24.6 Å². The van der Waals surface area contributed by atoms with Gasteiger partial charge in [0.1, 0.15) is 0 Å². The highest BCUT2D eigenvalue weighted by Crippen LogP contribution is 2.13. The number of hydrogen-bond acceptors (Lipinski definition) is 4. The Balaban J connectivity index is 1.81. The number of benzene rings is 1. The van der Waals surface area contributed by atoms with Gasteiger partial charge in [-0.2, -0.15) is 0 Å². The molecule has 0 aliphatic carbocycles. The Kier molecular flexibility index (Phi) is 5.19. The van der Waals surface area contributed by atoms with Crippen molar-refractivity contribution in [1.29, 1.82) is 0 Å². The van der Waals surface area contributed by atoms with E-state index < -0.39 is 10.0 Å². The average Bonchev–Trinajstić information content (AvgIpc) is 2.95. The molecule has 0 radical (unpaired) electrons. The summed E-state index contributed by atoms with van der Waals surface area (Å²) in [7, 11) is -3.48. The number of nitrogens with one attached hydrogen (secondary N) is 1. The van der Waals surface area contributed by atoms with Gasteiger partial charge < -0.3 is 10.6 Å². The molecule has 21 heavy (non-hydrogen) atoms. The van der Waals surface area contributed by atoms with Crippen LogP contribution in [0.1, 0.15) is 24.8 Å². The van der Waals surface area contributed by atoms with E-state index in [1.807, 2.05) is 0 Å². The number of likely N-dealkylation sites (tertiary alicyclic amines) is 1. The van der Waals surface area contributed by atoms with E-state index in [4.69, 9.17) is 5.73 Å². The van der Waals surface area contributed by atoms with Crippen LogP contribution in [-0.2, 0) is 20.6 Å². The van der Waals surface area contributed by atoms with Crippen molar-refractivity contribution in [3.05, 3.63) is 29.8 Å². The van der Waals surface area contributed by atoms with Crippen LogP contribution in [0.15, 0.2) is 24.3 Å². The molecule has 0 saturated carbocycles. The van der Waals surface area contributed by atoms with Gasteiger partial charge in [-0.15, -0.1) is 0 Å². The molecular weight excluding hydrogens is 290 g/mol. The van der Waals surface area contributed by atoms with E-state index >= 15 is 0 Å². The molecule has 116 valence electrons. The Morgan fingerprint density at radius 2 is 1.90 bits per heavy atom. The van der Waals surface area contributed by atoms with Gasteiger partial charge in [0.25, 0.3) is 0 Å². The molecule has 0 bridgehead atoms. The Labute approximate surface area is 125 Å². The predicted molar refractivity (Wildman–Crippen MR) is 81.9 cm³/mol. The van der Waals surface area contributed by atoms with Crippen molar-refractivity contribution < 1.29 is 13.2 Å². The molecule has 0 atom stereocenters. The lowest BCUT2D eigenvalue weighted by Crippen LogP contribution is -2.33. The second-order valence-corrected chi connectivity index (χ2v) is 7.00. The highest BCUT2D eigenvalue weighted by atomic mass is 32.2. The molecule has 1 heterocycles. The third-order valence-electron chi connectivity index (χ3n) is 3.52. The maximum absolute atomic E-state index is 12.0. The molecule has 1 saturated heterocycles. The molecule has 0 unspecified atom stereocenters. The van der Waals surface area contributed by atoms with Crippen LogP contribution in [0, 0.1) is 0 Å². The van der Waals surface area contributed by atoms with Crippen LogP contribution in [0.5, 0.6) is 0 Å². The van der Waals surface area contributed by atoms with E-state index in [2.05, 4.69) is 4.72 Å². The van der Waals surface area contributed by atoms with Gasteiger partial charge in [0.15, 0.2) is 0 Å². The number of amides is 1. The van der Waals surface area contributed by atoms with Gasteiger partial charge in [0.05, 0.1) is 5.75 Å². The molecule has 3 N–H and O–H groups in total. The molecule has 0 aromatic heterocycles. The SMILES string of the molecule is Nc1ccccc1CS(=O)(=O)NCCC(=O)N1CCCC1. The lowest BCUT2D eigenvalue weighted by molar-refractivity contribution is -0.129. The summed E-state index contributed by atoms with van der Waals surface area (Å²) in [6.45, 7) is 1.70. The van der Waals surface area contributed by atoms with Crippen LogP contribution >= 0.6 is 0 Å². The molecule has 1 aliphatic heterocycles. The summed E-state index contributed by atoms with van der Waals surface area (Å²) in [4.78, 5) is 13.6. The van der Waals surface area contributed by atoms with Crippen LogP contribution in [0.25, 0.3) is 0 Å². The molecule has 1 aromatic carbocycles. The van der Waals surface area contributed by atoms with Crippen LogP contribution in [0.4, 0.5) is 5.69 Å². The topological polar surface area (TPSA) is 92.5 Å². The van der Waals surface area contributed by atoms with E-state index in [0.717, 1.165) is 25.9 Å². The molecule has 2 rings (SSSR count). The van der Waals surface area contributed by atoms with Crippen molar-refractivity contribution in [1.82, 2.24) is 9.62 Å². The smallest absolute Gasteiger partial charge is 0.223 e. The highest BCUT2D eigenvalue weighted by molar-refractivity contribution is 7.88. The first kappa shape index (κ1) is 15.8. The lowest BCUT2D eigenvalue weighted by atomic mass is 10.2. The summed E-state index contributed by atoms with van der Waals surface area (Å²) >= 11 is 0. The Bertz CT molecular complexity index is 595. The molecule has 6 nitrogen and oxygen atoms in total. The number of anilines is 1. The molecule has 1 aliphatic rings. The average molecular weight is 311 g/mol. The summed E-state index contributed by atoms with van der Waals surface area (Å²) in [5.74, 6) is -0.160. The van der Waals surface area contributed by atoms with Crippen molar-refractivity contribution in [2.75, 3.05) is 25.4 Å². The minimum atomic E-state index is -3.48. The summed E-state index contributed by atoms with van der Waals surface area (Å²) in [6, 6.07) is 6.86. The van der Waals surface area contributed by atoms with Gasteiger partial charge in [-0.1, -0.05) is 18.2 Å². The zero-order valence-electron chi connectivity index (χ0n) is 11.9. The number of nitrogens with zero attached hydrogens (tertiary/aromatic N) is 1. The van der Waals surface area contributed by atoms with Crippen molar-refractivity contribution in [2.24, 2.45) is 0 Å². The quantitative estimate of drug-likeness (QED) is 0.756. The van der Waals surface area contributed by atoms with Gasteiger partial charge in [0.2, 0.25) is 15.9 Å². The number of para-hydroxylation sites is 1. The first-order valence-electron chi connectivity index (χ1n) is 7.06. The standard InChI is InChI=1S/C14H21N3O3S/c15-13-6-2-1-5-12(13)11-21(19,20)16-8-7-14(18)17-9-3-4-10-17/h1-2,5-6,16H,3-4,7-11,15H2. The van der Waals surface area contributed by atoms with Crippen molar-refractivity contribution in [2.45, 2.75) is 25.0 Å². The van der Waals surface area contributed by atoms with Gasteiger partial charge in [-0.25, -0.2) is 13.1 Å². The maximum atomic E-state index is 12.0. The second-order valence-electron chi connectivity index (χ2n) is 5.19. The largest absolute Gasteiger partial charge is 0.398 e. The Morgan fingerprint density at radius 3 is 2.57 bits per heavy atom. The van der Waals surface area contributed by atoms with Crippen LogP contribution in [0.2, 0.25) is 0 Å². The monoisotopic (exact) mass is 311 g/mol.